The van der Waals surface area contributed by atoms with Gasteiger partial charge in [0.1, 0.15) is 11.9 Å². The summed E-state index contributed by atoms with van der Waals surface area (Å²) in [7, 11) is 0. The molecule has 4 heteroatoms. The van der Waals surface area contributed by atoms with E-state index in [1.807, 2.05) is 31.2 Å². The SMILES string of the molecule is Cc1ccc(OC(c2ccc(F)c(F)c2)C2CNC2)cc1. The van der Waals surface area contributed by atoms with Crippen molar-refractivity contribution in [2.24, 2.45) is 5.92 Å². The van der Waals surface area contributed by atoms with Gasteiger partial charge in [0.15, 0.2) is 11.6 Å². The Kier molecular flexibility index (Phi) is 3.88. The minimum atomic E-state index is -0.836. The Morgan fingerprint density at radius 2 is 1.76 bits per heavy atom. The number of hydrogen-bond donors (Lipinski definition) is 1. The van der Waals surface area contributed by atoms with Gasteiger partial charge in [-0.2, -0.15) is 0 Å². The summed E-state index contributed by atoms with van der Waals surface area (Å²) in [5.41, 5.74) is 1.82. The van der Waals surface area contributed by atoms with Crippen LogP contribution in [0.3, 0.4) is 0 Å². The van der Waals surface area contributed by atoms with E-state index < -0.39 is 11.6 Å². The van der Waals surface area contributed by atoms with Crippen molar-refractivity contribution < 1.29 is 13.5 Å². The Labute approximate surface area is 122 Å². The van der Waals surface area contributed by atoms with E-state index in [4.69, 9.17) is 4.74 Å². The molecule has 21 heavy (non-hydrogen) atoms. The van der Waals surface area contributed by atoms with Crippen molar-refractivity contribution in [1.82, 2.24) is 5.32 Å². The fraction of sp³-hybridized carbons (Fsp3) is 0.294. The van der Waals surface area contributed by atoms with Crippen LogP contribution in [0.4, 0.5) is 8.78 Å². The summed E-state index contributed by atoms with van der Waals surface area (Å²) >= 11 is 0. The molecule has 1 saturated heterocycles. The van der Waals surface area contributed by atoms with Gasteiger partial charge >= 0.3 is 0 Å². The van der Waals surface area contributed by atoms with E-state index in [0.717, 1.165) is 30.5 Å². The van der Waals surface area contributed by atoms with Crippen LogP contribution >= 0.6 is 0 Å². The van der Waals surface area contributed by atoms with E-state index >= 15 is 0 Å². The summed E-state index contributed by atoms with van der Waals surface area (Å²) < 4.78 is 32.6. The molecule has 0 aromatic heterocycles. The Morgan fingerprint density at radius 1 is 1.05 bits per heavy atom. The maximum Gasteiger partial charge on any atom is 0.159 e. The van der Waals surface area contributed by atoms with E-state index in [1.54, 1.807) is 6.07 Å². The minimum Gasteiger partial charge on any atom is -0.485 e. The van der Waals surface area contributed by atoms with E-state index in [9.17, 15) is 8.78 Å². The highest BCUT2D eigenvalue weighted by atomic mass is 19.2. The predicted molar refractivity (Wildman–Crippen MR) is 77.3 cm³/mol. The highest BCUT2D eigenvalue weighted by Gasteiger charge is 2.30. The van der Waals surface area contributed by atoms with Gasteiger partial charge in [0, 0.05) is 19.0 Å². The summed E-state index contributed by atoms with van der Waals surface area (Å²) in [5.74, 6) is -0.671. The maximum atomic E-state index is 13.5. The maximum absolute atomic E-state index is 13.5. The zero-order valence-corrected chi connectivity index (χ0v) is 11.8. The molecule has 2 nitrogen and oxygen atoms in total. The first kappa shape index (κ1) is 14.0. The van der Waals surface area contributed by atoms with E-state index in [0.29, 0.717) is 5.56 Å². The number of halogens is 2. The smallest absolute Gasteiger partial charge is 0.159 e. The molecule has 1 unspecified atom stereocenters. The van der Waals surface area contributed by atoms with Crippen LogP contribution in [-0.2, 0) is 0 Å². The van der Waals surface area contributed by atoms with Crippen LogP contribution in [-0.4, -0.2) is 13.1 Å². The molecule has 0 amide bonds. The lowest BCUT2D eigenvalue weighted by molar-refractivity contribution is 0.0989. The molecule has 3 rings (SSSR count). The molecular weight excluding hydrogens is 272 g/mol. The van der Waals surface area contributed by atoms with E-state index in [2.05, 4.69) is 5.32 Å². The molecule has 2 aromatic carbocycles. The average molecular weight is 289 g/mol. The van der Waals surface area contributed by atoms with Gasteiger partial charge in [0.25, 0.3) is 0 Å². The highest BCUT2D eigenvalue weighted by Crippen LogP contribution is 2.31. The van der Waals surface area contributed by atoms with Gasteiger partial charge < -0.3 is 10.1 Å². The van der Waals surface area contributed by atoms with Crippen molar-refractivity contribution in [3.8, 4) is 5.75 Å². The second-order valence-corrected chi connectivity index (χ2v) is 5.44. The summed E-state index contributed by atoms with van der Waals surface area (Å²) in [5, 5.41) is 3.18. The molecule has 0 bridgehead atoms. The molecular formula is C17H17F2NO. The summed E-state index contributed by atoms with van der Waals surface area (Å²) in [6, 6.07) is 11.7. The quantitative estimate of drug-likeness (QED) is 0.928. The van der Waals surface area contributed by atoms with Crippen LogP contribution < -0.4 is 10.1 Å². The summed E-state index contributed by atoms with van der Waals surface area (Å²) in [6.07, 6.45) is -0.274. The zero-order valence-electron chi connectivity index (χ0n) is 11.8. The lowest BCUT2D eigenvalue weighted by atomic mass is 9.90. The van der Waals surface area contributed by atoms with Crippen LogP contribution in [0.2, 0.25) is 0 Å². The van der Waals surface area contributed by atoms with Crippen molar-refractivity contribution >= 4 is 0 Å². The van der Waals surface area contributed by atoms with Crippen LogP contribution in [0.25, 0.3) is 0 Å². The van der Waals surface area contributed by atoms with Gasteiger partial charge in [-0.3, -0.25) is 0 Å². The van der Waals surface area contributed by atoms with Crippen molar-refractivity contribution in [2.45, 2.75) is 13.0 Å². The zero-order chi connectivity index (χ0) is 14.8. The standard InChI is InChI=1S/C17H17F2NO/c1-11-2-5-14(6-3-11)21-17(13-9-20-10-13)12-4-7-15(18)16(19)8-12/h2-8,13,17,20H,9-10H2,1H3. The Bertz CT molecular complexity index is 623. The number of rotatable bonds is 4. The molecule has 1 heterocycles. The van der Waals surface area contributed by atoms with E-state index in [1.165, 1.54) is 6.07 Å². The molecule has 1 fully saturated rings. The topological polar surface area (TPSA) is 21.3 Å². The number of benzene rings is 2. The summed E-state index contributed by atoms with van der Waals surface area (Å²) in [4.78, 5) is 0. The van der Waals surface area contributed by atoms with E-state index in [-0.39, 0.29) is 12.0 Å². The lowest BCUT2D eigenvalue weighted by Crippen LogP contribution is -2.46. The first-order chi connectivity index (χ1) is 10.1. The van der Waals surface area contributed by atoms with Crippen molar-refractivity contribution in [1.29, 1.82) is 0 Å². The fourth-order valence-corrected chi connectivity index (χ4v) is 2.41. The number of aryl methyl sites for hydroxylation is 1. The van der Waals surface area contributed by atoms with Crippen LogP contribution in [0.1, 0.15) is 17.2 Å². The third-order valence-electron chi connectivity index (χ3n) is 3.80. The molecule has 110 valence electrons. The monoisotopic (exact) mass is 289 g/mol. The van der Waals surface area contributed by atoms with Gasteiger partial charge in [0.05, 0.1) is 0 Å². The summed E-state index contributed by atoms with van der Waals surface area (Å²) in [6.45, 7) is 3.64. The molecule has 2 aromatic rings. The average Bonchev–Trinajstić information content (AvgIpc) is 2.41. The van der Waals surface area contributed by atoms with Crippen LogP contribution in [0.5, 0.6) is 5.75 Å². The molecule has 0 saturated carbocycles. The van der Waals surface area contributed by atoms with Crippen molar-refractivity contribution in [3.05, 3.63) is 65.2 Å². The van der Waals surface area contributed by atoms with Gasteiger partial charge in [-0.15, -0.1) is 0 Å². The Hall–Kier alpha value is -1.94. The second kappa shape index (κ2) is 5.82. The van der Waals surface area contributed by atoms with Gasteiger partial charge in [-0.1, -0.05) is 23.8 Å². The molecule has 0 aliphatic carbocycles. The van der Waals surface area contributed by atoms with Crippen LogP contribution in [0, 0.1) is 24.5 Å². The molecule has 1 atom stereocenters. The Balaban J connectivity index is 1.86. The Morgan fingerprint density at radius 3 is 2.33 bits per heavy atom. The van der Waals surface area contributed by atoms with Gasteiger partial charge in [-0.25, -0.2) is 8.78 Å². The molecule has 1 aliphatic rings. The van der Waals surface area contributed by atoms with Crippen LogP contribution in [0.15, 0.2) is 42.5 Å². The number of nitrogens with one attached hydrogen (secondary N) is 1. The first-order valence-corrected chi connectivity index (χ1v) is 7.02. The largest absolute Gasteiger partial charge is 0.485 e. The minimum absolute atomic E-state index is 0.260. The first-order valence-electron chi connectivity index (χ1n) is 7.02. The molecule has 0 spiro atoms. The molecule has 1 aliphatic heterocycles. The third-order valence-corrected chi connectivity index (χ3v) is 3.80. The third kappa shape index (κ3) is 3.05. The predicted octanol–water partition coefficient (Wildman–Crippen LogP) is 3.61. The van der Waals surface area contributed by atoms with Crippen molar-refractivity contribution in [2.75, 3.05) is 13.1 Å². The second-order valence-electron chi connectivity index (χ2n) is 5.44. The van der Waals surface area contributed by atoms with Crippen molar-refractivity contribution in [3.63, 3.8) is 0 Å². The number of ether oxygens (including phenoxy) is 1. The van der Waals surface area contributed by atoms with Gasteiger partial charge in [0.2, 0.25) is 0 Å². The number of hydrogen-bond acceptors (Lipinski definition) is 2. The molecule has 0 radical (unpaired) electrons. The lowest BCUT2D eigenvalue weighted by Gasteiger charge is -2.35. The molecule has 1 N–H and O–H groups in total. The fourth-order valence-electron chi connectivity index (χ4n) is 2.41. The van der Waals surface area contributed by atoms with Gasteiger partial charge in [-0.05, 0) is 36.8 Å². The highest BCUT2D eigenvalue weighted by molar-refractivity contribution is 5.29. The normalized spacial score (nSPS) is 16.3.